The molecule has 1 aromatic rings. The van der Waals surface area contributed by atoms with E-state index < -0.39 is 24.5 Å². The molecule has 2 fully saturated rings. The first-order valence-electron chi connectivity index (χ1n) is 8.49. The number of carbonyl (C=O) groups is 1. The van der Waals surface area contributed by atoms with Gasteiger partial charge in [0.15, 0.2) is 0 Å². The van der Waals surface area contributed by atoms with Crippen LogP contribution in [0.1, 0.15) is 5.56 Å². The Labute approximate surface area is 162 Å². The number of likely N-dealkylation sites (tertiary alicyclic amines) is 2. The number of hydrogen-bond acceptors (Lipinski definition) is 3. The molecule has 0 spiro atoms. The molecule has 2 aliphatic heterocycles. The van der Waals surface area contributed by atoms with E-state index in [2.05, 4.69) is 9.64 Å². The SMILES string of the molecule is O=C(OC(C(F)(F)F)C(F)(F)F)N1CC2CN(Cc3ccc(Cl)cc3)CC2C1. The molecule has 3 rings (SSSR count). The Morgan fingerprint density at radius 3 is 1.96 bits per heavy atom. The van der Waals surface area contributed by atoms with Gasteiger partial charge in [-0.25, -0.2) is 4.79 Å². The van der Waals surface area contributed by atoms with Crippen LogP contribution in [0.25, 0.3) is 0 Å². The quantitative estimate of drug-likeness (QED) is 0.669. The standard InChI is InChI=1S/C17H17ClF6N2O2/c18-13-3-1-10(2-4-13)5-25-6-11-8-26(9-12(11)7-25)15(27)28-14(16(19,20)21)17(22,23)24/h1-4,11-12,14H,5-9H2. The van der Waals surface area contributed by atoms with Crippen molar-refractivity contribution >= 4 is 17.7 Å². The van der Waals surface area contributed by atoms with E-state index >= 15 is 0 Å². The number of alkyl halides is 6. The maximum Gasteiger partial charge on any atom is 0.434 e. The van der Waals surface area contributed by atoms with Crippen molar-refractivity contribution in [3.05, 3.63) is 34.9 Å². The summed E-state index contributed by atoms with van der Waals surface area (Å²) in [4.78, 5) is 14.9. The minimum atomic E-state index is -5.71. The first-order valence-corrected chi connectivity index (χ1v) is 8.87. The summed E-state index contributed by atoms with van der Waals surface area (Å²) >= 11 is 5.84. The van der Waals surface area contributed by atoms with Gasteiger partial charge in [-0.1, -0.05) is 23.7 Å². The predicted molar refractivity (Wildman–Crippen MR) is 87.7 cm³/mol. The first-order chi connectivity index (χ1) is 12.9. The number of ether oxygens (including phenoxy) is 1. The highest BCUT2D eigenvalue weighted by atomic mass is 35.5. The van der Waals surface area contributed by atoms with Crippen LogP contribution in [0.5, 0.6) is 0 Å². The first kappa shape index (κ1) is 21.0. The highest BCUT2D eigenvalue weighted by Gasteiger charge is 2.60. The zero-order chi connectivity index (χ0) is 20.7. The Morgan fingerprint density at radius 1 is 1.00 bits per heavy atom. The summed E-state index contributed by atoms with van der Waals surface area (Å²) in [6.45, 7) is 1.99. The van der Waals surface area contributed by atoms with Crippen LogP contribution in [-0.4, -0.2) is 60.5 Å². The third kappa shape index (κ3) is 4.83. The van der Waals surface area contributed by atoms with Crippen LogP contribution in [0.3, 0.4) is 0 Å². The largest absolute Gasteiger partial charge is 0.434 e. The molecule has 0 radical (unpaired) electrons. The Kier molecular flexibility index (Phi) is 5.73. The van der Waals surface area contributed by atoms with Gasteiger partial charge in [-0.3, -0.25) is 4.90 Å². The lowest BCUT2D eigenvalue weighted by Gasteiger charge is -2.26. The number of rotatable bonds is 3. The van der Waals surface area contributed by atoms with Crippen molar-refractivity contribution in [2.45, 2.75) is 25.0 Å². The molecule has 1 aromatic carbocycles. The van der Waals surface area contributed by atoms with Crippen molar-refractivity contribution in [1.82, 2.24) is 9.80 Å². The molecule has 156 valence electrons. The van der Waals surface area contributed by atoms with Gasteiger partial charge in [0, 0.05) is 37.7 Å². The van der Waals surface area contributed by atoms with Crippen molar-refractivity contribution in [1.29, 1.82) is 0 Å². The molecule has 28 heavy (non-hydrogen) atoms. The summed E-state index contributed by atoms with van der Waals surface area (Å²) < 4.78 is 79.1. The van der Waals surface area contributed by atoms with Crippen molar-refractivity contribution in [3.8, 4) is 0 Å². The van der Waals surface area contributed by atoms with E-state index in [1.54, 1.807) is 12.1 Å². The number of hydrogen-bond donors (Lipinski definition) is 0. The topological polar surface area (TPSA) is 32.8 Å². The molecule has 4 nitrogen and oxygen atoms in total. The summed E-state index contributed by atoms with van der Waals surface area (Å²) in [6.07, 6.45) is -17.1. The maximum absolute atomic E-state index is 12.5. The lowest BCUT2D eigenvalue weighted by molar-refractivity contribution is -0.308. The molecular formula is C17H17ClF6N2O2. The molecule has 2 heterocycles. The van der Waals surface area contributed by atoms with Crippen molar-refractivity contribution in [3.63, 3.8) is 0 Å². The third-order valence-electron chi connectivity index (χ3n) is 4.95. The maximum atomic E-state index is 12.5. The van der Waals surface area contributed by atoms with Gasteiger partial charge in [0.2, 0.25) is 0 Å². The van der Waals surface area contributed by atoms with Crippen LogP contribution in [0.15, 0.2) is 24.3 Å². The molecule has 0 aliphatic carbocycles. The molecule has 0 bridgehead atoms. The smallest absolute Gasteiger partial charge is 0.426 e. The Hall–Kier alpha value is -1.68. The van der Waals surface area contributed by atoms with E-state index in [1.165, 1.54) is 0 Å². The van der Waals surface area contributed by atoms with Gasteiger partial charge in [0.05, 0.1) is 0 Å². The average Bonchev–Trinajstić information content (AvgIpc) is 3.10. The monoisotopic (exact) mass is 430 g/mol. The van der Waals surface area contributed by atoms with Gasteiger partial charge in [0.25, 0.3) is 6.10 Å². The zero-order valence-corrected chi connectivity index (χ0v) is 15.2. The number of fused-ring (bicyclic) bond motifs is 1. The van der Waals surface area contributed by atoms with Gasteiger partial charge in [0.1, 0.15) is 0 Å². The van der Waals surface area contributed by atoms with E-state index in [4.69, 9.17) is 11.6 Å². The molecule has 0 aromatic heterocycles. The van der Waals surface area contributed by atoms with Gasteiger partial charge in [-0.2, -0.15) is 26.3 Å². The van der Waals surface area contributed by atoms with E-state index in [-0.39, 0.29) is 24.9 Å². The summed E-state index contributed by atoms with van der Waals surface area (Å²) in [5.74, 6) is -0.0369. The number of nitrogens with zero attached hydrogens (tertiary/aromatic N) is 2. The average molecular weight is 431 g/mol. The van der Waals surface area contributed by atoms with Gasteiger partial charge < -0.3 is 9.64 Å². The Bertz CT molecular complexity index is 681. The van der Waals surface area contributed by atoms with Crippen LogP contribution < -0.4 is 0 Å². The Balaban J connectivity index is 1.54. The Morgan fingerprint density at radius 2 is 1.50 bits per heavy atom. The second-order valence-corrected chi connectivity index (χ2v) is 7.53. The summed E-state index contributed by atoms with van der Waals surface area (Å²) in [6, 6.07) is 7.30. The van der Waals surface area contributed by atoms with Crippen molar-refractivity contribution in [2.75, 3.05) is 26.2 Å². The minimum absolute atomic E-state index is 0.0185. The fraction of sp³-hybridized carbons (Fsp3) is 0.588. The van der Waals surface area contributed by atoms with Gasteiger partial charge >= 0.3 is 18.4 Å². The van der Waals surface area contributed by atoms with Crippen molar-refractivity contribution < 1.29 is 35.9 Å². The third-order valence-corrected chi connectivity index (χ3v) is 5.20. The van der Waals surface area contributed by atoms with E-state index in [0.29, 0.717) is 24.7 Å². The van der Waals surface area contributed by atoms with E-state index in [1.807, 2.05) is 12.1 Å². The highest BCUT2D eigenvalue weighted by Crippen LogP contribution is 2.37. The number of carbonyl (C=O) groups excluding carboxylic acids is 1. The second-order valence-electron chi connectivity index (χ2n) is 7.09. The molecule has 2 aliphatic rings. The highest BCUT2D eigenvalue weighted by molar-refractivity contribution is 6.30. The molecule has 2 saturated heterocycles. The normalized spacial score (nSPS) is 23.4. The molecule has 2 unspecified atom stereocenters. The molecule has 0 saturated carbocycles. The summed E-state index contributed by atoms with van der Waals surface area (Å²) in [5, 5.41) is 0.618. The van der Waals surface area contributed by atoms with Gasteiger partial charge in [-0.05, 0) is 29.5 Å². The summed E-state index contributed by atoms with van der Waals surface area (Å²) in [7, 11) is 0. The number of amides is 1. The van der Waals surface area contributed by atoms with Crippen LogP contribution in [0.2, 0.25) is 5.02 Å². The van der Waals surface area contributed by atoms with Gasteiger partial charge in [-0.15, -0.1) is 0 Å². The lowest BCUT2D eigenvalue weighted by atomic mass is 10.0. The fourth-order valence-electron chi connectivity index (χ4n) is 3.71. The summed E-state index contributed by atoms with van der Waals surface area (Å²) in [5.41, 5.74) is 1.04. The fourth-order valence-corrected chi connectivity index (χ4v) is 3.84. The zero-order valence-electron chi connectivity index (χ0n) is 14.4. The van der Waals surface area contributed by atoms with Crippen molar-refractivity contribution in [2.24, 2.45) is 11.8 Å². The van der Waals surface area contributed by atoms with Crippen LogP contribution in [0.4, 0.5) is 31.1 Å². The van der Waals surface area contributed by atoms with Crippen LogP contribution >= 0.6 is 11.6 Å². The predicted octanol–water partition coefficient (Wildman–Crippen LogP) is 4.33. The molecule has 2 atom stereocenters. The lowest BCUT2D eigenvalue weighted by Crippen LogP contribution is -2.48. The molecular weight excluding hydrogens is 414 g/mol. The minimum Gasteiger partial charge on any atom is -0.426 e. The molecule has 1 amide bonds. The number of benzene rings is 1. The van der Waals surface area contributed by atoms with Crippen LogP contribution in [-0.2, 0) is 11.3 Å². The molecule has 0 N–H and O–H groups in total. The van der Waals surface area contributed by atoms with E-state index in [9.17, 15) is 31.1 Å². The number of halogens is 7. The molecule has 11 heteroatoms. The van der Waals surface area contributed by atoms with Crippen LogP contribution in [0, 0.1) is 11.8 Å². The van der Waals surface area contributed by atoms with E-state index in [0.717, 1.165) is 10.5 Å². The second kappa shape index (κ2) is 7.62.